The van der Waals surface area contributed by atoms with Crippen molar-refractivity contribution in [2.24, 2.45) is 0 Å². The molecule has 0 aromatic heterocycles. The Morgan fingerprint density at radius 2 is 2.27 bits per heavy atom. The molecule has 1 rings (SSSR count). The molecule has 0 amide bonds. The third-order valence-electron chi connectivity index (χ3n) is 1.91. The van der Waals surface area contributed by atoms with E-state index in [1.165, 1.54) is 0 Å². The Labute approximate surface area is 94.7 Å². The average molecular weight is 222 g/mol. The number of benzene rings is 1. The predicted molar refractivity (Wildman–Crippen MR) is 61.2 cm³/mol. The number of ether oxygens (including phenoxy) is 1. The standard InChI is InChI=1S/C12H12ClNO/c1-10-4-5-11(9-14)8-12(10)15-7-3-2-6-13/h2-5,8H,6-7H2,1H3/b3-2+. The van der Waals surface area contributed by atoms with Crippen molar-refractivity contribution in [3.63, 3.8) is 0 Å². The summed E-state index contributed by atoms with van der Waals surface area (Å²) in [6, 6.07) is 7.47. The van der Waals surface area contributed by atoms with E-state index >= 15 is 0 Å². The summed E-state index contributed by atoms with van der Waals surface area (Å²) >= 11 is 5.48. The highest BCUT2D eigenvalue weighted by Crippen LogP contribution is 2.18. The van der Waals surface area contributed by atoms with Crippen molar-refractivity contribution in [2.75, 3.05) is 12.5 Å². The lowest BCUT2D eigenvalue weighted by molar-refractivity contribution is 0.360. The van der Waals surface area contributed by atoms with Crippen molar-refractivity contribution >= 4 is 11.6 Å². The highest BCUT2D eigenvalue weighted by molar-refractivity contribution is 6.18. The van der Waals surface area contributed by atoms with Crippen molar-refractivity contribution in [1.29, 1.82) is 5.26 Å². The molecular formula is C12H12ClNO. The maximum absolute atomic E-state index is 8.73. The van der Waals surface area contributed by atoms with Crippen LogP contribution in [-0.2, 0) is 0 Å². The zero-order valence-corrected chi connectivity index (χ0v) is 9.29. The van der Waals surface area contributed by atoms with Crippen LogP contribution in [0.5, 0.6) is 5.75 Å². The van der Waals surface area contributed by atoms with Crippen molar-refractivity contribution in [3.05, 3.63) is 41.5 Å². The lowest BCUT2D eigenvalue weighted by atomic mass is 10.1. The quantitative estimate of drug-likeness (QED) is 0.578. The van der Waals surface area contributed by atoms with Crippen LogP contribution < -0.4 is 4.74 Å². The lowest BCUT2D eigenvalue weighted by Crippen LogP contribution is -1.96. The molecule has 0 fully saturated rings. The van der Waals surface area contributed by atoms with E-state index in [2.05, 4.69) is 6.07 Å². The molecule has 0 atom stereocenters. The second-order valence-corrected chi connectivity index (χ2v) is 3.34. The first-order valence-electron chi connectivity index (χ1n) is 4.62. The molecule has 0 saturated carbocycles. The molecule has 0 aliphatic carbocycles. The van der Waals surface area contributed by atoms with Crippen LogP contribution >= 0.6 is 11.6 Å². The number of hydrogen-bond donors (Lipinski definition) is 0. The molecule has 1 aromatic carbocycles. The van der Waals surface area contributed by atoms with Crippen LogP contribution in [0.15, 0.2) is 30.4 Å². The van der Waals surface area contributed by atoms with Gasteiger partial charge in [-0.2, -0.15) is 5.26 Å². The number of halogens is 1. The number of nitriles is 1. The highest BCUT2D eigenvalue weighted by Gasteiger charge is 1.99. The largest absolute Gasteiger partial charge is 0.489 e. The molecule has 0 unspecified atom stereocenters. The van der Waals surface area contributed by atoms with Crippen LogP contribution in [0.25, 0.3) is 0 Å². The summed E-state index contributed by atoms with van der Waals surface area (Å²) in [5, 5.41) is 8.73. The Kier molecular flexibility index (Phi) is 4.73. The molecule has 2 nitrogen and oxygen atoms in total. The molecule has 3 heteroatoms. The average Bonchev–Trinajstić information content (AvgIpc) is 2.26. The highest BCUT2D eigenvalue weighted by atomic mass is 35.5. The Morgan fingerprint density at radius 3 is 2.93 bits per heavy atom. The third-order valence-corrected chi connectivity index (χ3v) is 2.09. The first kappa shape index (κ1) is 11.6. The van der Waals surface area contributed by atoms with Gasteiger partial charge >= 0.3 is 0 Å². The number of alkyl halides is 1. The van der Waals surface area contributed by atoms with Gasteiger partial charge < -0.3 is 4.74 Å². The maximum atomic E-state index is 8.73. The van der Waals surface area contributed by atoms with Gasteiger partial charge in [0.1, 0.15) is 12.4 Å². The molecule has 0 radical (unpaired) electrons. The van der Waals surface area contributed by atoms with Gasteiger partial charge in [0, 0.05) is 5.88 Å². The van der Waals surface area contributed by atoms with Crippen LogP contribution in [0.3, 0.4) is 0 Å². The van der Waals surface area contributed by atoms with Gasteiger partial charge in [-0.3, -0.25) is 0 Å². The topological polar surface area (TPSA) is 33.0 Å². The van der Waals surface area contributed by atoms with Gasteiger partial charge in [0.05, 0.1) is 11.6 Å². The van der Waals surface area contributed by atoms with E-state index < -0.39 is 0 Å². The van der Waals surface area contributed by atoms with E-state index in [1.54, 1.807) is 12.1 Å². The number of aryl methyl sites for hydroxylation is 1. The van der Waals surface area contributed by atoms with E-state index in [-0.39, 0.29) is 0 Å². The minimum Gasteiger partial charge on any atom is -0.489 e. The first-order chi connectivity index (χ1) is 7.27. The monoisotopic (exact) mass is 221 g/mol. The zero-order valence-electron chi connectivity index (χ0n) is 8.53. The minimum atomic E-state index is 0.475. The molecule has 78 valence electrons. The molecular weight excluding hydrogens is 210 g/mol. The normalized spacial score (nSPS) is 10.2. The van der Waals surface area contributed by atoms with Gasteiger partial charge in [-0.1, -0.05) is 18.2 Å². The molecule has 1 aromatic rings. The Bertz CT molecular complexity index is 393. The van der Waals surface area contributed by atoms with Crippen LogP contribution in [0.2, 0.25) is 0 Å². The van der Waals surface area contributed by atoms with Gasteiger partial charge in [0.2, 0.25) is 0 Å². The van der Waals surface area contributed by atoms with Crippen molar-refractivity contribution in [2.45, 2.75) is 6.92 Å². The summed E-state index contributed by atoms with van der Waals surface area (Å²) in [6.45, 7) is 2.42. The Balaban J connectivity index is 2.68. The predicted octanol–water partition coefficient (Wildman–Crippen LogP) is 3.04. The summed E-state index contributed by atoms with van der Waals surface area (Å²) in [6.07, 6.45) is 3.68. The van der Waals surface area contributed by atoms with Crippen LogP contribution in [-0.4, -0.2) is 12.5 Å². The molecule has 0 saturated heterocycles. The Morgan fingerprint density at radius 1 is 1.47 bits per heavy atom. The molecule has 0 bridgehead atoms. The van der Waals surface area contributed by atoms with Gasteiger partial charge in [-0.05, 0) is 24.6 Å². The zero-order chi connectivity index (χ0) is 11.1. The Hall–Kier alpha value is -1.46. The SMILES string of the molecule is Cc1ccc(C#N)cc1OC/C=C/CCl. The summed E-state index contributed by atoms with van der Waals surface area (Å²) in [5.41, 5.74) is 1.63. The smallest absolute Gasteiger partial charge is 0.124 e. The summed E-state index contributed by atoms with van der Waals surface area (Å²) < 4.78 is 5.48. The second-order valence-electron chi connectivity index (χ2n) is 3.03. The van der Waals surface area contributed by atoms with Crippen molar-refractivity contribution < 1.29 is 4.74 Å². The molecule has 0 N–H and O–H groups in total. The van der Waals surface area contributed by atoms with Gasteiger partial charge in [-0.15, -0.1) is 11.6 Å². The molecule has 0 aliphatic heterocycles. The molecule has 15 heavy (non-hydrogen) atoms. The number of nitrogens with zero attached hydrogens (tertiary/aromatic N) is 1. The lowest BCUT2D eigenvalue weighted by Gasteiger charge is -2.06. The van der Waals surface area contributed by atoms with Crippen molar-refractivity contribution in [3.8, 4) is 11.8 Å². The van der Waals surface area contributed by atoms with Gasteiger partial charge in [-0.25, -0.2) is 0 Å². The fourth-order valence-corrected chi connectivity index (χ4v) is 1.22. The molecule has 0 aliphatic rings. The van der Waals surface area contributed by atoms with E-state index in [9.17, 15) is 0 Å². The second kappa shape index (κ2) is 6.10. The third kappa shape index (κ3) is 3.65. The fraction of sp³-hybridized carbons (Fsp3) is 0.250. The van der Waals surface area contributed by atoms with Gasteiger partial charge in [0.25, 0.3) is 0 Å². The summed E-state index contributed by atoms with van der Waals surface area (Å²) in [7, 11) is 0. The van der Waals surface area contributed by atoms with E-state index in [4.69, 9.17) is 21.6 Å². The van der Waals surface area contributed by atoms with Crippen LogP contribution in [0.1, 0.15) is 11.1 Å². The first-order valence-corrected chi connectivity index (χ1v) is 5.16. The van der Waals surface area contributed by atoms with Crippen LogP contribution in [0.4, 0.5) is 0 Å². The number of rotatable bonds is 4. The van der Waals surface area contributed by atoms with Crippen LogP contribution in [0, 0.1) is 18.3 Å². The van der Waals surface area contributed by atoms with Crippen molar-refractivity contribution in [1.82, 2.24) is 0 Å². The summed E-state index contributed by atoms with van der Waals surface area (Å²) in [4.78, 5) is 0. The number of allylic oxidation sites excluding steroid dienone is 1. The summed E-state index contributed by atoms with van der Waals surface area (Å²) in [5.74, 6) is 1.23. The van der Waals surface area contributed by atoms with E-state index in [1.807, 2.05) is 25.1 Å². The maximum Gasteiger partial charge on any atom is 0.124 e. The van der Waals surface area contributed by atoms with E-state index in [0.717, 1.165) is 11.3 Å². The van der Waals surface area contributed by atoms with E-state index in [0.29, 0.717) is 18.1 Å². The van der Waals surface area contributed by atoms with Gasteiger partial charge in [0.15, 0.2) is 0 Å². The fourth-order valence-electron chi connectivity index (χ4n) is 1.09. The number of hydrogen-bond acceptors (Lipinski definition) is 2. The molecule has 0 spiro atoms. The minimum absolute atomic E-state index is 0.475. The molecule has 0 heterocycles.